The van der Waals surface area contributed by atoms with Crippen LogP contribution in [0.4, 0.5) is 0 Å². The van der Waals surface area contributed by atoms with E-state index < -0.39 is 11.6 Å². The maximum absolute atomic E-state index is 10.4. The van der Waals surface area contributed by atoms with Gasteiger partial charge in [-0.2, -0.15) is 0 Å². The van der Waals surface area contributed by atoms with Gasteiger partial charge in [-0.05, 0) is 12.5 Å². The molecule has 0 heterocycles. The van der Waals surface area contributed by atoms with Crippen LogP contribution in [0.1, 0.15) is 18.9 Å². The second kappa shape index (κ2) is 5.63. The van der Waals surface area contributed by atoms with Crippen molar-refractivity contribution in [2.24, 2.45) is 0 Å². The molecule has 4 nitrogen and oxygen atoms in total. The summed E-state index contributed by atoms with van der Waals surface area (Å²) in [5.74, 6) is -1.03. The zero-order chi connectivity index (χ0) is 12.0. The molecule has 1 aromatic carbocycles. The van der Waals surface area contributed by atoms with E-state index in [-0.39, 0.29) is 13.0 Å². The van der Waals surface area contributed by atoms with E-state index in [0.29, 0.717) is 6.61 Å². The Morgan fingerprint density at radius 2 is 2.00 bits per heavy atom. The molecule has 0 saturated heterocycles. The summed E-state index contributed by atoms with van der Waals surface area (Å²) in [5, 5.41) is 18.2. The van der Waals surface area contributed by atoms with Gasteiger partial charge in [0, 0.05) is 0 Å². The Labute approximate surface area is 94.5 Å². The van der Waals surface area contributed by atoms with Crippen molar-refractivity contribution in [1.82, 2.24) is 0 Å². The van der Waals surface area contributed by atoms with E-state index in [4.69, 9.17) is 9.84 Å². The summed E-state index contributed by atoms with van der Waals surface area (Å²) < 4.78 is 5.27. The van der Waals surface area contributed by atoms with Crippen molar-refractivity contribution in [3.63, 3.8) is 0 Å². The van der Waals surface area contributed by atoms with E-state index in [9.17, 15) is 9.90 Å². The van der Waals surface area contributed by atoms with Crippen molar-refractivity contribution in [3.05, 3.63) is 35.9 Å². The van der Waals surface area contributed by atoms with Gasteiger partial charge < -0.3 is 14.9 Å². The average molecular weight is 224 g/mol. The summed E-state index contributed by atoms with van der Waals surface area (Å²) in [6.45, 7) is 1.83. The second-order valence-corrected chi connectivity index (χ2v) is 4.05. The molecule has 1 aromatic rings. The summed E-state index contributed by atoms with van der Waals surface area (Å²) in [5.41, 5.74) is -0.325. The van der Waals surface area contributed by atoms with Gasteiger partial charge in [0.2, 0.25) is 0 Å². The molecule has 0 radical (unpaired) electrons. The van der Waals surface area contributed by atoms with Gasteiger partial charge in [-0.3, -0.25) is 4.79 Å². The predicted molar refractivity (Wildman–Crippen MR) is 59.0 cm³/mol. The lowest BCUT2D eigenvalue weighted by molar-refractivity contribution is -0.144. The molecule has 0 fully saturated rings. The Morgan fingerprint density at radius 1 is 1.38 bits per heavy atom. The van der Waals surface area contributed by atoms with Crippen LogP contribution in [0.2, 0.25) is 0 Å². The van der Waals surface area contributed by atoms with Gasteiger partial charge in [0.25, 0.3) is 0 Å². The maximum Gasteiger partial charge on any atom is 0.306 e. The molecule has 0 saturated carbocycles. The molecule has 1 atom stereocenters. The number of carbonyl (C=O) groups is 1. The normalized spacial score (nSPS) is 14.4. The van der Waals surface area contributed by atoms with Crippen LogP contribution in [0, 0.1) is 0 Å². The Hall–Kier alpha value is -1.39. The third-order valence-electron chi connectivity index (χ3n) is 2.06. The molecule has 0 aliphatic rings. The molecule has 88 valence electrons. The molecule has 0 spiro atoms. The molecular formula is C12H16O4. The first-order chi connectivity index (χ1) is 7.49. The van der Waals surface area contributed by atoms with Gasteiger partial charge in [0.05, 0.1) is 25.2 Å². The van der Waals surface area contributed by atoms with Crippen LogP contribution in [-0.4, -0.2) is 28.4 Å². The molecule has 4 heteroatoms. The number of ether oxygens (including phenoxy) is 1. The maximum atomic E-state index is 10.4. The molecule has 2 N–H and O–H groups in total. The minimum absolute atomic E-state index is 0.00813. The second-order valence-electron chi connectivity index (χ2n) is 4.05. The van der Waals surface area contributed by atoms with Gasteiger partial charge in [-0.1, -0.05) is 30.3 Å². The molecule has 0 bridgehead atoms. The third kappa shape index (κ3) is 4.91. The zero-order valence-corrected chi connectivity index (χ0v) is 9.22. The first-order valence-electron chi connectivity index (χ1n) is 5.05. The average Bonchev–Trinajstić information content (AvgIpc) is 2.16. The first-order valence-corrected chi connectivity index (χ1v) is 5.05. The van der Waals surface area contributed by atoms with E-state index in [1.165, 1.54) is 6.92 Å². The Balaban J connectivity index is 2.32. The lowest BCUT2D eigenvalue weighted by Crippen LogP contribution is -2.33. The third-order valence-corrected chi connectivity index (χ3v) is 2.06. The Bertz CT molecular complexity index is 332. The summed E-state index contributed by atoms with van der Waals surface area (Å²) in [6, 6.07) is 9.52. The number of hydrogen-bond acceptors (Lipinski definition) is 3. The molecule has 16 heavy (non-hydrogen) atoms. The van der Waals surface area contributed by atoms with Crippen molar-refractivity contribution in [2.45, 2.75) is 25.6 Å². The van der Waals surface area contributed by atoms with Crippen LogP contribution in [0.25, 0.3) is 0 Å². The van der Waals surface area contributed by atoms with Gasteiger partial charge in [0.15, 0.2) is 0 Å². The fourth-order valence-electron chi connectivity index (χ4n) is 1.34. The molecular weight excluding hydrogens is 208 g/mol. The summed E-state index contributed by atoms with van der Waals surface area (Å²) in [4.78, 5) is 10.4. The van der Waals surface area contributed by atoms with Crippen LogP contribution in [0.15, 0.2) is 30.3 Å². The largest absolute Gasteiger partial charge is 0.481 e. The highest BCUT2D eigenvalue weighted by molar-refractivity contribution is 5.68. The quantitative estimate of drug-likeness (QED) is 0.767. The van der Waals surface area contributed by atoms with Crippen molar-refractivity contribution in [2.75, 3.05) is 6.61 Å². The molecule has 0 amide bonds. The molecule has 1 rings (SSSR count). The smallest absolute Gasteiger partial charge is 0.306 e. The SMILES string of the molecule is CC(O)(COCc1ccccc1)CC(=O)O. The number of aliphatic hydroxyl groups is 1. The zero-order valence-electron chi connectivity index (χ0n) is 9.22. The van der Waals surface area contributed by atoms with Crippen molar-refractivity contribution in [3.8, 4) is 0 Å². The highest BCUT2D eigenvalue weighted by atomic mass is 16.5. The summed E-state index contributed by atoms with van der Waals surface area (Å²) >= 11 is 0. The number of rotatable bonds is 6. The fraction of sp³-hybridized carbons (Fsp3) is 0.417. The van der Waals surface area contributed by atoms with Crippen LogP contribution >= 0.6 is 0 Å². The minimum atomic E-state index is -1.32. The number of benzene rings is 1. The topological polar surface area (TPSA) is 66.8 Å². The van der Waals surface area contributed by atoms with E-state index in [1.807, 2.05) is 30.3 Å². The monoisotopic (exact) mass is 224 g/mol. The van der Waals surface area contributed by atoms with Crippen molar-refractivity contribution >= 4 is 5.97 Å². The Morgan fingerprint density at radius 3 is 2.56 bits per heavy atom. The van der Waals surface area contributed by atoms with Gasteiger partial charge in [-0.25, -0.2) is 0 Å². The van der Waals surface area contributed by atoms with Gasteiger partial charge >= 0.3 is 5.97 Å². The van der Waals surface area contributed by atoms with Crippen molar-refractivity contribution < 1.29 is 19.7 Å². The highest BCUT2D eigenvalue weighted by Crippen LogP contribution is 2.11. The number of carboxylic acids is 1. The first kappa shape index (κ1) is 12.7. The number of aliphatic carboxylic acids is 1. The van der Waals surface area contributed by atoms with Crippen LogP contribution in [0.5, 0.6) is 0 Å². The molecule has 0 aliphatic carbocycles. The van der Waals surface area contributed by atoms with Crippen LogP contribution in [-0.2, 0) is 16.1 Å². The standard InChI is InChI=1S/C12H16O4/c1-12(15,7-11(13)14)9-16-8-10-5-3-2-4-6-10/h2-6,15H,7-9H2,1H3,(H,13,14). The lowest BCUT2D eigenvalue weighted by atomic mass is 10.0. The van der Waals surface area contributed by atoms with Crippen LogP contribution < -0.4 is 0 Å². The van der Waals surface area contributed by atoms with E-state index in [2.05, 4.69) is 0 Å². The minimum Gasteiger partial charge on any atom is -0.481 e. The summed E-state index contributed by atoms with van der Waals surface area (Å²) in [7, 11) is 0. The summed E-state index contributed by atoms with van der Waals surface area (Å²) in [6.07, 6.45) is -0.318. The lowest BCUT2D eigenvalue weighted by Gasteiger charge is -2.20. The van der Waals surface area contributed by atoms with E-state index in [0.717, 1.165) is 5.56 Å². The van der Waals surface area contributed by atoms with Crippen LogP contribution in [0.3, 0.4) is 0 Å². The van der Waals surface area contributed by atoms with Gasteiger partial charge in [0.1, 0.15) is 0 Å². The fourth-order valence-corrected chi connectivity index (χ4v) is 1.34. The molecule has 1 unspecified atom stereocenters. The number of carboxylic acid groups (broad SMARTS) is 1. The molecule has 0 aromatic heterocycles. The predicted octanol–water partition coefficient (Wildman–Crippen LogP) is 1.43. The number of hydrogen-bond donors (Lipinski definition) is 2. The molecule has 0 aliphatic heterocycles. The highest BCUT2D eigenvalue weighted by Gasteiger charge is 2.24. The Kier molecular flexibility index (Phi) is 4.46. The van der Waals surface area contributed by atoms with Crippen molar-refractivity contribution in [1.29, 1.82) is 0 Å². The van der Waals surface area contributed by atoms with E-state index >= 15 is 0 Å². The van der Waals surface area contributed by atoms with E-state index in [1.54, 1.807) is 0 Å². The van der Waals surface area contributed by atoms with Gasteiger partial charge in [-0.15, -0.1) is 0 Å².